The van der Waals surface area contributed by atoms with Gasteiger partial charge in [-0.2, -0.15) is 9.97 Å². The van der Waals surface area contributed by atoms with Crippen LogP contribution in [0.2, 0.25) is 5.28 Å². The average Bonchev–Trinajstić information content (AvgIpc) is 3.40. The Morgan fingerprint density at radius 1 is 1.32 bits per heavy atom. The molecule has 0 aliphatic carbocycles. The van der Waals surface area contributed by atoms with Gasteiger partial charge in [0.2, 0.25) is 11.2 Å². The first-order valence-electron chi connectivity index (χ1n) is 10.6. The molecule has 1 saturated heterocycles. The van der Waals surface area contributed by atoms with Gasteiger partial charge in [-0.15, -0.1) is 0 Å². The third-order valence-corrected chi connectivity index (χ3v) is 6.09. The molecular formula is C22H24ClN7O. The average molecular weight is 438 g/mol. The molecule has 3 aromatic heterocycles. The minimum Gasteiger partial charge on any atom is -0.361 e. The van der Waals surface area contributed by atoms with E-state index in [4.69, 9.17) is 11.6 Å². The van der Waals surface area contributed by atoms with Crippen LogP contribution in [0.1, 0.15) is 25.3 Å². The summed E-state index contributed by atoms with van der Waals surface area (Å²) in [7, 11) is 0. The number of carbonyl (C=O) groups is 1. The Morgan fingerprint density at radius 2 is 2.19 bits per heavy atom. The zero-order valence-electron chi connectivity index (χ0n) is 17.2. The highest BCUT2D eigenvalue weighted by molar-refractivity contribution is 6.28. The van der Waals surface area contributed by atoms with E-state index in [1.807, 2.05) is 18.3 Å². The van der Waals surface area contributed by atoms with Gasteiger partial charge in [-0.25, -0.2) is 4.98 Å². The SMILES string of the molecule is C[C@@H](Cc1c[nH]c2ccccc12)NC(=O)[C@H]1CCCN(c2nc(Cl)nc3nc[nH]c23)C1. The maximum absolute atomic E-state index is 13.0. The van der Waals surface area contributed by atoms with Gasteiger partial charge in [0.1, 0.15) is 5.52 Å². The molecule has 3 N–H and O–H groups in total. The van der Waals surface area contributed by atoms with Crippen molar-refractivity contribution >= 4 is 45.4 Å². The molecule has 4 heterocycles. The molecule has 4 aromatic rings. The summed E-state index contributed by atoms with van der Waals surface area (Å²) in [6, 6.07) is 8.27. The lowest BCUT2D eigenvalue weighted by atomic mass is 9.96. The fraction of sp³-hybridized carbons (Fsp3) is 0.364. The van der Waals surface area contributed by atoms with E-state index in [1.54, 1.807) is 6.33 Å². The van der Waals surface area contributed by atoms with Gasteiger partial charge < -0.3 is 20.2 Å². The monoisotopic (exact) mass is 437 g/mol. The van der Waals surface area contributed by atoms with Gasteiger partial charge >= 0.3 is 0 Å². The summed E-state index contributed by atoms with van der Waals surface area (Å²) in [5.74, 6) is 0.681. The number of halogens is 1. The van der Waals surface area contributed by atoms with Crippen molar-refractivity contribution in [1.29, 1.82) is 0 Å². The highest BCUT2D eigenvalue weighted by Crippen LogP contribution is 2.28. The Kier molecular flexibility index (Phi) is 5.23. The summed E-state index contributed by atoms with van der Waals surface area (Å²) >= 11 is 6.09. The standard InChI is InChI=1S/C22H24ClN7O/c1-13(9-15-10-24-17-7-3-2-6-16(15)17)27-21(31)14-5-4-8-30(11-14)20-18-19(26-12-25-18)28-22(23)29-20/h2-3,6-7,10,12-14,24H,4-5,8-9,11H2,1H3,(H,27,31)(H,25,26,28,29)/t13-,14-/m0/s1. The topological polar surface area (TPSA) is 103 Å². The number of aromatic amines is 2. The number of piperidine rings is 1. The molecule has 5 rings (SSSR count). The summed E-state index contributed by atoms with van der Waals surface area (Å²) < 4.78 is 0. The smallest absolute Gasteiger partial charge is 0.226 e. The first-order chi connectivity index (χ1) is 15.1. The number of hydrogen-bond donors (Lipinski definition) is 3. The normalized spacial score (nSPS) is 17.9. The molecule has 0 bridgehead atoms. The maximum atomic E-state index is 13.0. The molecule has 1 aromatic carbocycles. The number of nitrogens with zero attached hydrogens (tertiary/aromatic N) is 4. The molecule has 0 spiro atoms. The Labute approximate surface area is 184 Å². The number of benzene rings is 1. The summed E-state index contributed by atoms with van der Waals surface area (Å²) in [5, 5.41) is 4.58. The number of para-hydroxylation sites is 1. The van der Waals surface area contributed by atoms with Crippen molar-refractivity contribution in [1.82, 2.24) is 30.2 Å². The molecule has 1 fully saturated rings. The largest absolute Gasteiger partial charge is 0.361 e. The minimum absolute atomic E-state index is 0.0369. The Hall–Kier alpha value is -3.13. The molecule has 1 aliphatic heterocycles. The molecule has 2 atom stereocenters. The van der Waals surface area contributed by atoms with Crippen LogP contribution in [-0.2, 0) is 11.2 Å². The van der Waals surface area contributed by atoms with Crippen LogP contribution in [0.3, 0.4) is 0 Å². The van der Waals surface area contributed by atoms with Gasteiger partial charge in [-0.05, 0) is 49.4 Å². The van der Waals surface area contributed by atoms with Crippen molar-refractivity contribution in [2.75, 3.05) is 18.0 Å². The second-order valence-corrected chi connectivity index (χ2v) is 8.51. The Bertz CT molecular complexity index is 1230. The van der Waals surface area contributed by atoms with Crippen LogP contribution in [0.15, 0.2) is 36.8 Å². The molecule has 1 amide bonds. The van der Waals surface area contributed by atoms with Crippen LogP contribution in [0.5, 0.6) is 0 Å². The first-order valence-corrected chi connectivity index (χ1v) is 10.9. The fourth-order valence-corrected chi connectivity index (χ4v) is 4.61. The lowest BCUT2D eigenvalue weighted by molar-refractivity contribution is -0.125. The molecule has 31 heavy (non-hydrogen) atoms. The van der Waals surface area contributed by atoms with Crippen molar-refractivity contribution < 1.29 is 4.79 Å². The van der Waals surface area contributed by atoms with Crippen molar-refractivity contribution in [3.63, 3.8) is 0 Å². The quantitative estimate of drug-likeness (QED) is 0.415. The zero-order valence-corrected chi connectivity index (χ0v) is 18.0. The number of anilines is 1. The number of H-pyrrole nitrogens is 2. The lowest BCUT2D eigenvalue weighted by Crippen LogP contribution is -2.46. The van der Waals surface area contributed by atoms with Crippen molar-refractivity contribution in [3.05, 3.63) is 47.6 Å². The van der Waals surface area contributed by atoms with E-state index in [-0.39, 0.29) is 23.2 Å². The number of hydrogen-bond acceptors (Lipinski definition) is 5. The van der Waals surface area contributed by atoms with Gasteiger partial charge in [0.15, 0.2) is 11.5 Å². The fourth-order valence-electron chi connectivity index (χ4n) is 4.45. The zero-order chi connectivity index (χ0) is 21.4. The number of amides is 1. The van der Waals surface area contributed by atoms with E-state index in [2.05, 4.69) is 54.2 Å². The number of imidazole rings is 1. The van der Waals surface area contributed by atoms with Crippen LogP contribution >= 0.6 is 11.6 Å². The summed E-state index contributed by atoms with van der Waals surface area (Å²) in [6.07, 6.45) is 6.16. The number of nitrogens with one attached hydrogen (secondary N) is 3. The lowest BCUT2D eigenvalue weighted by Gasteiger charge is -2.33. The van der Waals surface area contributed by atoms with Crippen LogP contribution in [0.25, 0.3) is 22.1 Å². The molecule has 0 unspecified atom stereocenters. The van der Waals surface area contributed by atoms with E-state index >= 15 is 0 Å². The predicted molar refractivity (Wildman–Crippen MR) is 121 cm³/mol. The van der Waals surface area contributed by atoms with E-state index in [0.29, 0.717) is 18.0 Å². The van der Waals surface area contributed by atoms with Crippen LogP contribution < -0.4 is 10.2 Å². The maximum Gasteiger partial charge on any atom is 0.226 e. The Morgan fingerprint density at radius 3 is 3.10 bits per heavy atom. The summed E-state index contributed by atoms with van der Waals surface area (Å²) in [6.45, 7) is 3.46. The second kappa shape index (κ2) is 8.19. The molecule has 160 valence electrons. The van der Waals surface area contributed by atoms with Crippen molar-refractivity contribution in [2.24, 2.45) is 5.92 Å². The molecule has 0 radical (unpaired) electrons. The van der Waals surface area contributed by atoms with E-state index < -0.39 is 0 Å². The molecular weight excluding hydrogens is 414 g/mol. The van der Waals surface area contributed by atoms with Crippen molar-refractivity contribution in [3.8, 4) is 0 Å². The van der Waals surface area contributed by atoms with Crippen LogP contribution in [0.4, 0.5) is 5.82 Å². The van der Waals surface area contributed by atoms with Crippen molar-refractivity contribution in [2.45, 2.75) is 32.2 Å². The minimum atomic E-state index is -0.106. The summed E-state index contributed by atoms with van der Waals surface area (Å²) in [4.78, 5) is 34.3. The molecule has 1 aliphatic rings. The number of aromatic nitrogens is 5. The number of rotatable bonds is 5. The van der Waals surface area contributed by atoms with Crippen LogP contribution in [0, 0.1) is 5.92 Å². The van der Waals surface area contributed by atoms with Gasteiger partial charge in [0, 0.05) is 36.2 Å². The number of fused-ring (bicyclic) bond motifs is 2. The number of carbonyl (C=O) groups excluding carboxylic acids is 1. The molecule has 0 saturated carbocycles. The third kappa shape index (κ3) is 3.95. The van der Waals surface area contributed by atoms with E-state index in [0.717, 1.165) is 36.8 Å². The summed E-state index contributed by atoms with van der Waals surface area (Å²) in [5.41, 5.74) is 3.62. The van der Waals surface area contributed by atoms with Gasteiger partial charge in [0.25, 0.3) is 0 Å². The highest BCUT2D eigenvalue weighted by Gasteiger charge is 2.29. The molecule has 9 heteroatoms. The molecule has 8 nitrogen and oxygen atoms in total. The first kappa shape index (κ1) is 19.8. The second-order valence-electron chi connectivity index (χ2n) is 8.18. The third-order valence-electron chi connectivity index (χ3n) is 5.92. The van der Waals surface area contributed by atoms with Crippen LogP contribution in [-0.4, -0.2) is 50.0 Å². The van der Waals surface area contributed by atoms with E-state index in [9.17, 15) is 4.79 Å². The van der Waals surface area contributed by atoms with Gasteiger partial charge in [0.05, 0.1) is 12.2 Å². The highest BCUT2D eigenvalue weighted by atomic mass is 35.5. The predicted octanol–water partition coefficient (Wildman–Crippen LogP) is 3.45. The van der Waals surface area contributed by atoms with Gasteiger partial charge in [-0.3, -0.25) is 4.79 Å². The Balaban J connectivity index is 1.26. The van der Waals surface area contributed by atoms with Gasteiger partial charge in [-0.1, -0.05) is 18.2 Å². The van der Waals surface area contributed by atoms with E-state index in [1.165, 1.54) is 10.9 Å².